The lowest BCUT2D eigenvalue weighted by Crippen LogP contribution is -2.27. The summed E-state index contributed by atoms with van der Waals surface area (Å²) >= 11 is 0. The molecule has 1 aromatic heterocycles. The van der Waals surface area contributed by atoms with E-state index in [1.807, 2.05) is 86.6 Å². The second kappa shape index (κ2) is 8.69. The maximum absolute atomic E-state index is 13.3. The van der Waals surface area contributed by atoms with Crippen LogP contribution in [0.3, 0.4) is 0 Å². The van der Waals surface area contributed by atoms with Gasteiger partial charge in [0.05, 0.1) is 12.3 Å². The number of nitrogens with zero attached hydrogens (tertiary/aromatic N) is 1. The number of para-hydroxylation sites is 2. The van der Waals surface area contributed by atoms with E-state index in [0.717, 1.165) is 16.8 Å². The van der Waals surface area contributed by atoms with Gasteiger partial charge in [-0.2, -0.15) is 0 Å². The molecule has 6 nitrogen and oxygen atoms in total. The number of carbonyl (C=O) groups is 1. The van der Waals surface area contributed by atoms with Crippen LogP contribution in [0.25, 0.3) is 11.1 Å². The van der Waals surface area contributed by atoms with Crippen LogP contribution in [-0.2, 0) is 4.79 Å². The minimum Gasteiger partial charge on any atom is -0.492 e. The molecule has 0 spiro atoms. The molecule has 0 aliphatic heterocycles. The third-order valence-corrected chi connectivity index (χ3v) is 4.65. The fraction of sp³-hybridized carbons (Fsp3) is 0.167. The Morgan fingerprint density at radius 3 is 2.63 bits per heavy atom. The Bertz CT molecular complexity index is 1150. The maximum atomic E-state index is 13.3. The van der Waals surface area contributed by atoms with Gasteiger partial charge in [0.15, 0.2) is 11.5 Å². The second-order valence-corrected chi connectivity index (χ2v) is 6.82. The number of aryl methyl sites for hydroxylation is 1. The van der Waals surface area contributed by atoms with E-state index in [1.165, 1.54) is 0 Å². The number of rotatable bonds is 7. The quantitative estimate of drug-likeness (QED) is 0.438. The summed E-state index contributed by atoms with van der Waals surface area (Å²) in [4.78, 5) is 17.7. The van der Waals surface area contributed by atoms with Crippen molar-refractivity contribution in [2.75, 3.05) is 17.2 Å². The van der Waals surface area contributed by atoms with E-state index in [2.05, 4.69) is 15.6 Å². The Balaban J connectivity index is 1.63. The van der Waals surface area contributed by atoms with Gasteiger partial charge in [-0.25, -0.2) is 4.98 Å². The number of oxazole rings is 1. The predicted molar refractivity (Wildman–Crippen MR) is 118 cm³/mol. The number of amides is 1. The van der Waals surface area contributed by atoms with Crippen molar-refractivity contribution >= 4 is 28.4 Å². The summed E-state index contributed by atoms with van der Waals surface area (Å²) in [5.41, 5.74) is 3.71. The van der Waals surface area contributed by atoms with E-state index in [0.29, 0.717) is 29.5 Å². The second-order valence-electron chi connectivity index (χ2n) is 6.82. The Labute approximate surface area is 174 Å². The van der Waals surface area contributed by atoms with Crippen molar-refractivity contribution in [1.29, 1.82) is 0 Å². The van der Waals surface area contributed by atoms with E-state index in [4.69, 9.17) is 9.15 Å². The van der Waals surface area contributed by atoms with Crippen molar-refractivity contribution in [3.8, 4) is 5.75 Å². The van der Waals surface area contributed by atoms with Gasteiger partial charge in [-0.15, -0.1) is 0 Å². The van der Waals surface area contributed by atoms with Crippen molar-refractivity contribution < 1.29 is 13.9 Å². The summed E-state index contributed by atoms with van der Waals surface area (Å²) in [5, 5.41) is 6.33. The normalized spacial score (nSPS) is 11.8. The maximum Gasteiger partial charge on any atom is 0.251 e. The van der Waals surface area contributed by atoms with E-state index in [-0.39, 0.29) is 5.91 Å². The summed E-state index contributed by atoms with van der Waals surface area (Å²) < 4.78 is 11.2. The highest BCUT2D eigenvalue weighted by Crippen LogP contribution is 2.28. The molecule has 0 saturated heterocycles. The van der Waals surface area contributed by atoms with Crippen molar-refractivity contribution in [3.05, 3.63) is 84.3 Å². The lowest BCUT2D eigenvalue weighted by Gasteiger charge is -2.21. The fourth-order valence-electron chi connectivity index (χ4n) is 3.30. The highest BCUT2D eigenvalue weighted by molar-refractivity contribution is 5.98. The number of aromatic nitrogens is 1. The molecule has 0 bridgehead atoms. The van der Waals surface area contributed by atoms with Crippen LogP contribution in [0.2, 0.25) is 0 Å². The number of ether oxygens (including phenoxy) is 1. The van der Waals surface area contributed by atoms with Crippen LogP contribution in [-0.4, -0.2) is 17.5 Å². The van der Waals surface area contributed by atoms with Crippen LogP contribution in [0.15, 0.2) is 77.2 Å². The summed E-state index contributed by atoms with van der Waals surface area (Å²) in [7, 11) is 0. The van der Waals surface area contributed by atoms with Gasteiger partial charge in [-0.3, -0.25) is 4.79 Å². The lowest BCUT2D eigenvalue weighted by atomic mass is 10.1. The van der Waals surface area contributed by atoms with Gasteiger partial charge in [-0.05, 0) is 42.8 Å². The van der Waals surface area contributed by atoms with Crippen LogP contribution < -0.4 is 15.4 Å². The largest absolute Gasteiger partial charge is 0.492 e. The molecule has 152 valence electrons. The predicted octanol–water partition coefficient (Wildman–Crippen LogP) is 5.33. The molecule has 2 N–H and O–H groups in total. The first-order chi connectivity index (χ1) is 14.6. The SMILES string of the molecule is CCOc1ccccc1NC(=O)[C@@H](Nc1ccc2oc(C)nc2c1)c1ccccc1. The zero-order valence-corrected chi connectivity index (χ0v) is 16.9. The molecule has 0 aliphatic carbocycles. The molecule has 0 radical (unpaired) electrons. The standard InChI is InChI=1S/C24H23N3O3/c1-3-29-21-12-8-7-11-19(21)27-24(28)23(17-9-5-4-6-10-17)26-18-13-14-22-20(15-18)25-16(2)30-22/h4-15,23,26H,3H2,1-2H3,(H,27,28)/t23-/m0/s1. The van der Waals surface area contributed by atoms with Crippen LogP contribution in [0.1, 0.15) is 24.4 Å². The van der Waals surface area contributed by atoms with Gasteiger partial charge < -0.3 is 19.8 Å². The minimum atomic E-state index is -0.605. The fourth-order valence-corrected chi connectivity index (χ4v) is 3.30. The van der Waals surface area contributed by atoms with E-state index in [1.54, 1.807) is 0 Å². The first-order valence-electron chi connectivity index (χ1n) is 9.85. The molecule has 0 aliphatic rings. The number of carbonyl (C=O) groups excluding carboxylic acids is 1. The van der Waals surface area contributed by atoms with Gasteiger partial charge in [0.25, 0.3) is 5.91 Å². The molecular formula is C24H23N3O3. The number of hydrogen-bond acceptors (Lipinski definition) is 5. The Morgan fingerprint density at radius 2 is 1.83 bits per heavy atom. The van der Waals surface area contributed by atoms with Gasteiger partial charge in [-0.1, -0.05) is 42.5 Å². The van der Waals surface area contributed by atoms with E-state index >= 15 is 0 Å². The molecule has 1 heterocycles. The van der Waals surface area contributed by atoms with Gasteiger partial charge in [0.2, 0.25) is 0 Å². The van der Waals surface area contributed by atoms with E-state index in [9.17, 15) is 4.79 Å². The van der Waals surface area contributed by atoms with Crippen molar-refractivity contribution in [3.63, 3.8) is 0 Å². The smallest absolute Gasteiger partial charge is 0.251 e. The molecule has 3 aromatic carbocycles. The van der Waals surface area contributed by atoms with Crippen LogP contribution >= 0.6 is 0 Å². The summed E-state index contributed by atoms with van der Waals surface area (Å²) in [6.45, 7) is 4.24. The molecule has 0 unspecified atom stereocenters. The molecule has 1 amide bonds. The monoisotopic (exact) mass is 401 g/mol. The molecular weight excluding hydrogens is 378 g/mol. The van der Waals surface area contributed by atoms with Gasteiger partial charge in [0.1, 0.15) is 17.3 Å². The first-order valence-corrected chi connectivity index (χ1v) is 9.85. The number of nitrogens with one attached hydrogen (secondary N) is 2. The third kappa shape index (κ3) is 4.27. The molecule has 4 rings (SSSR count). The van der Waals surface area contributed by atoms with Crippen molar-refractivity contribution in [2.24, 2.45) is 0 Å². The number of hydrogen-bond donors (Lipinski definition) is 2. The van der Waals surface area contributed by atoms with Crippen LogP contribution in [0.5, 0.6) is 5.75 Å². The highest BCUT2D eigenvalue weighted by atomic mass is 16.5. The number of anilines is 2. The minimum absolute atomic E-state index is 0.190. The number of benzene rings is 3. The molecule has 0 fully saturated rings. The Hall–Kier alpha value is -3.80. The Morgan fingerprint density at radius 1 is 1.07 bits per heavy atom. The number of fused-ring (bicyclic) bond motifs is 1. The van der Waals surface area contributed by atoms with Gasteiger partial charge in [0, 0.05) is 12.6 Å². The molecule has 1 atom stereocenters. The molecule has 6 heteroatoms. The van der Waals surface area contributed by atoms with Gasteiger partial charge >= 0.3 is 0 Å². The van der Waals surface area contributed by atoms with Crippen molar-refractivity contribution in [2.45, 2.75) is 19.9 Å². The molecule has 30 heavy (non-hydrogen) atoms. The lowest BCUT2D eigenvalue weighted by molar-refractivity contribution is -0.117. The molecule has 4 aromatic rings. The zero-order valence-electron chi connectivity index (χ0n) is 16.9. The topological polar surface area (TPSA) is 76.4 Å². The average Bonchev–Trinajstić information content (AvgIpc) is 3.13. The summed E-state index contributed by atoms with van der Waals surface area (Å²) in [6, 6.07) is 22.0. The third-order valence-electron chi connectivity index (χ3n) is 4.65. The van der Waals surface area contributed by atoms with Crippen molar-refractivity contribution in [1.82, 2.24) is 4.98 Å². The van der Waals surface area contributed by atoms with E-state index < -0.39 is 6.04 Å². The Kier molecular flexibility index (Phi) is 5.66. The first kappa shape index (κ1) is 19.5. The highest BCUT2D eigenvalue weighted by Gasteiger charge is 2.22. The van der Waals surface area contributed by atoms with Crippen LogP contribution in [0.4, 0.5) is 11.4 Å². The zero-order chi connectivity index (χ0) is 20.9. The van der Waals surface area contributed by atoms with Crippen LogP contribution in [0, 0.1) is 6.92 Å². The average molecular weight is 401 g/mol. The molecule has 0 saturated carbocycles. The summed E-state index contributed by atoms with van der Waals surface area (Å²) in [5.74, 6) is 1.05. The summed E-state index contributed by atoms with van der Waals surface area (Å²) in [6.07, 6.45) is 0.